The maximum Gasteiger partial charge on any atom is 0.407 e. The highest BCUT2D eigenvalue weighted by Gasteiger charge is 2.40. The van der Waals surface area contributed by atoms with Gasteiger partial charge >= 0.3 is 6.09 Å². The first-order valence-electron chi connectivity index (χ1n) is 11.6. The van der Waals surface area contributed by atoms with E-state index >= 15 is 0 Å². The highest BCUT2D eigenvalue weighted by Crippen LogP contribution is 2.36. The number of nitrogens with one attached hydrogen (secondary N) is 2. The first kappa shape index (κ1) is 23.5. The van der Waals surface area contributed by atoms with Gasteiger partial charge in [0.1, 0.15) is 29.2 Å². The zero-order valence-electron chi connectivity index (χ0n) is 20.1. The molecule has 2 N–H and O–H groups in total. The van der Waals surface area contributed by atoms with Crippen molar-refractivity contribution in [2.24, 2.45) is 0 Å². The first-order valence-corrected chi connectivity index (χ1v) is 11.6. The van der Waals surface area contributed by atoms with E-state index in [-0.39, 0.29) is 30.0 Å². The average molecular weight is 490 g/mol. The van der Waals surface area contributed by atoms with Gasteiger partial charge in [0.2, 0.25) is 0 Å². The minimum absolute atomic E-state index is 0.148. The van der Waals surface area contributed by atoms with Crippen molar-refractivity contribution in [3.05, 3.63) is 35.9 Å². The third kappa shape index (κ3) is 4.93. The van der Waals surface area contributed by atoms with E-state index in [1.165, 1.54) is 23.0 Å². The van der Waals surface area contributed by atoms with Gasteiger partial charge in [-0.05, 0) is 46.6 Å². The molecule has 35 heavy (non-hydrogen) atoms. The molecule has 188 valence electrons. The molecule has 0 spiro atoms. The lowest BCUT2D eigenvalue weighted by Crippen LogP contribution is -2.37. The molecule has 2 atom stereocenters. The number of hydrogen-bond acceptors (Lipinski definition) is 7. The average Bonchev–Trinajstić information content (AvgIpc) is 3.20. The minimum atomic E-state index is -2.68. The van der Waals surface area contributed by atoms with E-state index in [9.17, 15) is 13.6 Å². The number of carbonyl (C=O) groups is 1. The Balaban J connectivity index is 1.35. The molecular weight excluding hydrogens is 460 g/mol. The molecule has 1 amide bonds. The van der Waals surface area contributed by atoms with Crippen molar-refractivity contribution in [2.75, 3.05) is 11.9 Å². The molecule has 10 nitrogen and oxygen atoms in total. The summed E-state index contributed by atoms with van der Waals surface area (Å²) in [4.78, 5) is 16.5. The molecule has 1 aliphatic heterocycles. The molecule has 1 aliphatic carbocycles. The van der Waals surface area contributed by atoms with Crippen molar-refractivity contribution in [1.82, 2.24) is 29.7 Å². The third-order valence-corrected chi connectivity index (χ3v) is 6.21. The summed E-state index contributed by atoms with van der Waals surface area (Å²) in [5, 5.41) is 14.8. The summed E-state index contributed by atoms with van der Waals surface area (Å²) in [5.74, 6) is 1.00. The number of anilines is 2. The second-order valence-corrected chi connectivity index (χ2v) is 10.4. The zero-order chi connectivity index (χ0) is 25.0. The SMILES string of the molecule is CC1(NC(=O)O[C@H]2CO[C@@H](c3cc(Nc4nccn5nc(C(F)F)cc45)n(C(C)(C)C)n3)C2)CC1. The Morgan fingerprint density at radius 1 is 1.29 bits per heavy atom. The van der Waals surface area contributed by atoms with Crippen molar-refractivity contribution >= 4 is 23.2 Å². The molecule has 1 saturated carbocycles. The quantitative estimate of drug-likeness (QED) is 0.526. The fourth-order valence-electron chi connectivity index (χ4n) is 4.05. The van der Waals surface area contributed by atoms with Crippen LogP contribution in [0, 0.1) is 0 Å². The Bertz CT molecular complexity index is 1250. The zero-order valence-corrected chi connectivity index (χ0v) is 20.1. The number of ether oxygens (including phenoxy) is 2. The number of carbonyl (C=O) groups excluding carboxylic acids is 1. The highest BCUT2D eigenvalue weighted by molar-refractivity contribution is 5.72. The van der Waals surface area contributed by atoms with Crippen molar-refractivity contribution in [3.63, 3.8) is 0 Å². The standard InChI is InChI=1S/C23H29F2N7O3/c1-22(2,3)32-18(27-20-16-10-15(19(24)25)29-31(16)8-7-26-20)11-14(30-32)17-9-13(12-34-17)35-21(33)28-23(4)5-6-23/h7-8,10-11,13,17,19H,5-6,9,12H2,1-4H3,(H,26,27)(H,28,33)/t13-,17-/m1/s1. The van der Waals surface area contributed by atoms with Gasteiger partial charge in [0.25, 0.3) is 6.43 Å². The number of aromatic nitrogens is 5. The number of amides is 1. The summed E-state index contributed by atoms with van der Waals surface area (Å²) < 4.78 is 41.0. The van der Waals surface area contributed by atoms with Gasteiger partial charge in [-0.15, -0.1) is 0 Å². The lowest BCUT2D eigenvalue weighted by molar-refractivity contribution is 0.0672. The predicted molar refractivity (Wildman–Crippen MR) is 123 cm³/mol. The molecule has 0 bridgehead atoms. The van der Waals surface area contributed by atoms with Gasteiger partial charge in [0.15, 0.2) is 5.82 Å². The molecule has 0 aromatic carbocycles. The normalized spacial score (nSPS) is 21.5. The fourth-order valence-corrected chi connectivity index (χ4v) is 4.05. The molecule has 2 aliphatic rings. The number of halogens is 2. The Hall–Kier alpha value is -3.28. The van der Waals surface area contributed by atoms with Gasteiger partial charge in [0, 0.05) is 30.4 Å². The van der Waals surface area contributed by atoms with Gasteiger partial charge in [0.05, 0.1) is 17.8 Å². The summed E-state index contributed by atoms with van der Waals surface area (Å²) in [6, 6.07) is 3.16. The molecule has 4 heterocycles. The van der Waals surface area contributed by atoms with E-state index in [2.05, 4.69) is 20.7 Å². The first-order chi connectivity index (χ1) is 16.5. The molecule has 2 fully saturated rings. The number of alkyl halides is 2. The molecule has 0 radical (unpaired) electrons. The van der Waals surface area contributed by atoms with E-state index in [1.807, 2.05) is 33.8 Å². The van der Waals surface area contributed by atoms with E-state index < -0.39 is 18.1 Å². The number of nitrogens with zero attached hydrogens (tertiary/aromatic N) is 5. The van der Waals surface area contributed by atoms with Crippen LogP contribution in [0.15, 0.2) is 24.5 Å². The summed E-state index contributed by atoms with van der Waals surface area (Å²) in [5.41, 5.74) is 0.235. The Kier molecular flexibility index (Phi) is 5.65. The maximum atomic E-state index is 13.2. The number of fused-ring (bicyclic) bond motifs is 1. The minimum Gasteiger partial charge on any atom is -0.444 e. The summed E-state index contributed by atoms with van der Waals surface area (Å²) in [6.07, 6.45) is 1.58. The largest absolute Gasteiger partial charge is 0.444 e. The van der Waals surface area contributed by atoms with Crippen LogP contribution in [0.4, 0.5) is 25.2 Å². The second-order valence-electron chi connectivity index (χ2n) is 10.4. The van der Waals surface area contributed by atoms with Crippen molar-refractivity contribution in [1.29, 1.82) is 0 Å². The smallest absolute Gasteiger partial charge is 0.407 e. The van der Waals surface area contributed by atoms with Gasteiger partial charge in [-0.1, -0.05) is 0 Å². The van der Waals surface area contributed by atoms with Crippen LogP contribution in [0.2, 0.25) is 0 Å². The van der Waals surface area contributed by atoms with Crippen LogP contribution in [0.1, 0.15) is 70.9 Å². The van der Waals surface area contributed by atoms with Gasteiger partial charge in [-0.2, -0.15) is 10.2 Å². The van der Waals surface area contributed by atoms with Crippen LogP contribution < -0.4 is 10.6 Å². The monoisotopic (exact) mass is 489 g/mol. The molecule has 0 unspecified atom stereocenters. The van der Waals surface area contributed by atoms with Crippen molar-refractivity contribution < 1.29 is 23.0 Å². The predicted octanol–water partition coefficient (Wildman–Crippen LogP) is 4.47. The molecular formula is C23H29F2N7O3. The van der Waals surface area contributed by atoms with Gasteiger partial charge in [-0.25, -0.2) is 27.8 Å². The van der Waals surface area contributed by atoms with Gasteiger partial charge in [-0.3, -0.25) is 0 Å². The lowest BCUT2D eigenvalue weighted by atomic mass is 10.1. The van der Waals surface area contributed by atoms with Crippen molar-refractivity contribution in [2.45, 2.75) is 76.7 Å². The molecule has 3 aromatic heterocycles. The van der Waals surface area contributed by atoms with Crippen LogP contribution in [-0.4, -0.2) is 48.7 Å². The molecule has 3 aromatic rings. The van der Waals surface area contributed by atoms with E-state index in [0.29, 0.717) is 29.3 Å². The van der Waals surface area contributed by atoms with Crippen LogP contribution in [0.5, 0.6) is 0 Å². The fraction of sp³-hybridized carbons (Fsp3) is 0.565. The van der Waals surface area contributed by atoms with Crippen molar-refractivity contribution in [3.8, 4) is 0 Å². The maximum absolute atomic E-state index is 13.2. The van der Waals surface area contributed by atoms with E-state index in [1.54, 1.807) is 4.68 Å². The Morgan fingerprint density at radius 2 is 2.06 bits per heavy atom. The third-order valence-electron chi connectivity index (χ3n) is 6.21. The van der Waals surface area contributed by atoms with E-state index in [4.69, 9.17) is 14.6 Å². The molecule has 12 heteroatoms. The van der Waals surface area contributed by atoms with Gasteiger partial charge < -0.3 is 20.1 Å². The van der Waals surface area contributed by atoms with Crippen LogP contribution in [0.3, 0.4) is 0 Å². The lowest BCUT2D eigenvalue weighted by Gasteiger charge is -2.22. The summed E-state index contributed by atoms with van der Waals surface area (Å²) in [7, 11) is 0. The van der Waals surface area contributed by atoms with E-state index in [0.717, 1.165) is 12.8 Å². The van der Waals surface area contributed by atoms with Crippen LogP contribution in [0.25, 0.3) is 5.52 Å². The summed E-state index contributed by atoms with van der Waals surface area (Å²) in [6.45, 7) is 8.28. The number of rotatable bonds is 6. The van der Waals surface area contributed by atoms with Crippen LogP contribution >= 0.6 is 0 Å². The number of alkyl carbamates (subject to hydrolysis) is 1. The second kappa shape index (κ2) is 8.43. The Morgan fingerprint density at radius 3 is 2.74 bits per heavy atom. The Labute approximate surface area is 201 Å². The number of hydrogen-bond donors (Lipinski definition) is 2. The molecule has 5 rings (SSSR count). The topological polar surface area (TPSA) is 108 Å². The summed E-state index contributed by atoms with van der Waals surface area (Å²) >= 11 is 0. The highest BCUT2D eigenvalue weighted by atomic mass is 19.3. The van der Waals surface area contributed by atoms with Crippen LogP contribution in [-0.2, 0) is 15.0 Å². The molecule has 1 saturated heterocycles.